The molecular formula is C19H20Cl2N4O. The molecule has 2 aromatic rings. The Hall–Kier alpha value is -2.24. The van der Waals surface area contributed by atoms with E-state index in [9.17, 15) is 4.79 Å². The van der Waals surface area contributed by atoms with Gasteiger partial charge in [0.15, 0.2) is 5.96 Å². The highest BCUT2D eigenvalue weighted by molar-refractivity contribution is 6.31. The Bertz CT molecular complexity index is 851. The molecule has 2 aromatic carbocycles. The minimum absolute atomic E-state index is 0.179. The van der Waals surface area contributed by atoms with Gasteiger partial charge >= 0.3 is 0 Å². The number of benzene rings is 2. The minimum atomic E-state index is -0.179. The van der Waals surface area contributed by atoms with Crippen LogP contribution in [0, 0.1) is 6.92 Å². The van der Waals surface area contributed by atoms with E-state index < -0.39 is 0 Å². The molecule has 0 unspecified atom stereocenters. The number of amides is 1. The quantitative estimate of drug-likeness (QED) is 0.733. The van der Waals surface area contributed by atoms with Crippen LogP contribution >= 0.6 is 23.2 Å². The van der Waals surface area contributed by atoms with Crippen LogP contribution in [0.15, 0.2) is 41.4 Å². The first kappa shape index (κ1) is 18.5. The Balaban J connectivity index is 1.63. The maximum Gasteiger partial charge on any atom is 0.251 e. The summed E-state index contributed by atoms with van der Waals surface area (Å²) in [6, 6.07) is 11.1. The Morgan fingerprint density at radius 3 is 2.73 bits per heavy atom. The van der Waals surface area contributed by atoms with Crippen LogP contribution in [0.5, 0.6) is 0 Å². The molecule has 1 amide bonds. The van der Waals surface area contributed by atoms with Crippen LogP contribution < -0.4 is 16.0 Å². The summed E-state index contributed by atoms with van der Waals surface area (Å²) in [4.78, 5) is 16.8. The van der Waals surface area contributed by atoms with Gasteiger partial charge in [0, 0.05) is 35.2 Å². The molecule has 136 valence electrons. The second-order valence-corrected chi connectivity index (χ2v) is 6.97. The van der Waals surface area contributed by atoms with Crippen molar-refractivity contribution in [1.29, 1.82) is 0 Å². The summed E-state index contributed by atoms with van der Waals surface area (Å²) in [5.41, 5.74) is 3.39. The van der Waals surface area contributed by atoms with Gasteiger partial charge in [-0.1, -0.05) is 35.3 Å². The van der Waals surface area contributed by atoms with E-state index in [1.807, 2.05) is 37.3 Å². The third-order valence-corrected chi connectivity index (χ3v) is 4.67. The Morgan fingerprint density at radius 1 is 1.15 bits per heavy atom. The maximum atomic E-state index is 12.5. The fourth-order valence-corrected chi connectivity index (χ4v) is 3.08. The highest BCUT2D eigenvalue weighted by Crippen LogP contribution is 2.18. The van der Waals surface area contributed by atoms with Crippen LogP contribution in [0.1, 0.15) is 27.0 Å². The second kappa shape index (κ2) is 8.43. The van der Waals surface area contributed by atoms with Crippen molar-refractivity contribution < 1.29 is 4.79 Å². The van der Waals surface area contributed by atoms with Crippen LogP contribution in [0.3, 0.4) is 0 Å². The molecule has 1 heterocycles. The Kier molecular flexibility index (Phi) is 6.01. The molecule has 1 aliphatic heterocycles. The van der Waals surface area contributed by atoms with E-state index >= 15 is 0 Å². The van der Waals surface area contributed by atoms with Crippen LogP contribution in [0.4, 0.5) is 0 Å². The van der Waals surface area contributed by atoms with E-state index in [1.54, 1.807) is 6.07 Å². The molecular weight excluding hydrogens is 371 g/mol. The molecule has 0 saturated heterocycles. The van der Waals surface area contributed by atoms with Crippen molar-refractivity contribution >= 4 is 35.1 Å². The fourth-order valence-electron chi connectivity index (χ4n) is 2.62. The average molecular weight is 391 g/mol. The van der Waals surface area contributed by atoms with Crippen LogP contribution in [0.2, 0.25) is 10.0 Å². The Labute approximate surface area is 162 Å². The summed E-state index contributed by atoms with van der Waals surface area (Å²) < 4.78 is 0. The normalized spacial score (nSPS) is 13.1. The first-order valence-corrected chi connectivity index (χ1v) is 9.12. The molecule has 1 aliphatic rings. The van der Waals surface area contributed by atoms with Gasteiger partial charge in [0.25, 0.3) is 5.91 Å². The van der Waals surface area contributed by atoms with Gasteiger partial charge in [-0.25, -0.2) is 0 Å². The van der Waals surface area contributed by atoms with Crippen molar-refractivity contribution in [2.45, 2.75) is 20.0 Å². The van der Waals surface area contributed by atoms with Gasteiger partial charge in [0.1, 0.15) is 0 Å². The van der Waals surface area contributed by atoms with E-state index in [1.165, 1.54) is 0 Å². The molecule has 3 rings (SSSR count). The molecule has 0 fully saturated rings. The molecule has 3 N–H and O–H groups in total. The smallest absolute Gasteiger partial charge is 0.251 e. The standard InChI is InChI=1S/C19H20Cl2N4O/c1-12-2-3-13(8-17(12)21)10-24-18(26)15-6-14(7-16(20)9-15)11-25-19-22-4-5-23-19/h2-3,6-9H,4-5,10-11H2,1H3,(H,24,26)(H2,22,23,25). The third-order valence-electron chi connectivity index (χ3n) is 4.04. The monoisotopic (exact) mass is 390 g/mol. The van der Waals surface area contributed by atoms with Crippen LogP contribution in [0.25, 0.3) is 0 Å². The first-order chi connectivity index (χ1) is 12.5. The van der Waals surface area contributed by atoms with E-state index in [2.05, 4.69) is 20.9 Å². The van der Waals surface area contributed by atoms with Crippen molar-refractivity contribution in [1.82, 2.24) is 16.0 Å². The molecule has 26 heavy (non-hydrogen) atoms. The predicted octanol–water partition coefficient (Wildman–Crippen LogP) is 3.28. The number of nitrogens with one attached hydrogen (secondary N) is 3. The van der Waals surface area contributed by atoms with Crippen molar-refractivity contribution in [2.24, 2.45) is 4.99 Å². The topological polar surface area (TPSA) is 65.5 Å². The maximum absolute atomic E-state index is 12.5. The molecule has 0 saturated carbocycles. The van der Waals surface area contributed by atoms with E-state index in [-0.39, 0.29) is 5.91 Å². The van der Waals surface area contributed by atoms with Gasteiger partial charge in [0.05, 0.1) is 6.54 Å². The molecule has 0 atom stereocenters. The lowest BCUT2D eigenvalue weighted by atomic mass is 10.1. The van der Waals surface area contributed by atoms with Crippen molar-refractivity contribution in [3.63, 3.8) is 0 Å². The zero-order chi connectivity index (χ0) is 18.5. The van der Waals surface area contributed by atoms with Gasteiger partial charge in [-0.05, 0) is 47.9 Å². The molecule has 0 radical (unpaired) electrons. The first-order valence-electron chi connectivity index (χ1n) is 8.36. The number of aliphatic imine (C=N–C) groups is 1. The van der Waals surface area contributed by atoms with E-state index in [0.717, 1.165) is 35.7 Å². The van der Waals surface area contributed by atoms with Gasteiger partial charge in [-0.15, -0.1) is 0 Å². The van der Waals surface area contributed by atoms with E-state index in [4.69, 9.17) is 23.2 Å². The lowest BCUT2D eigenvalue weighted by Crippen LogP contribution is -2.33. The Morgan fingerprint density at radius 2 is 2.00 bits per heavy atom. The lowest BCUT2D eigenvalue weighted by Gasteiger charge is -2.10. The van der Waals surface area contributed by atoms with Gasteiger partial charge in [0.2, 0.25) is 0 Å². The van der Waals surface area contributed by atoms with Crippen molar-refractivity contribution in [3.8, 4) is 0 Å². The average Bonchev–Trinajstić information content (AvgIpc) is 3.14. The molecule has 0 bridgehead atoms. The number of guanidine groups is 1. The summed E-state index contributed by atoms with van der Waals surface area (Å²) in [6.07, 6.45) is 0. The van der Waals surface area contributed by atoms with Gasteiger partial charge < -0.3 is 16.0 Å². The van der Waals surface area contributed by atoms with Gasteiger partial charge in [-0.2, -0.15) is 0 Å². The minimum Gasteiger partial charge on any atom is -0.355 e. The highest BCUT2D eigenvalue weighted by Gasteiger charge is 2.10. The predicted molar refractivity (Wildman–Crippen MR) is 106 cm³/mol. The molecule has 0 aliphatic carbocycles. The van der Waals surface area contributed by atoms with Gasteiger partial charge in [-0.3, -0.25) is 9.79 Å². The molecule has 7 heteroatoms. The summed E-state index contributed by atoms with van der Waals surface area (Å²) in [5, 5.41) is 10.5. The molecule has 0 aromatic heterocycles. The second-order valence-electron chi connectivity index (χ2n) is 6.13. The number of hydrogen-bond acceptors (Lipinski definition) is 4. The van der Waals surface area contributed by atoms with Crippen LogP contribution in [-0.4, -0.2) is 25.0 Å². The summed E-state index contributed by atoms with van der Waals surface area (Å²) >= 11 is 12.3. The summed E-state index contributed by atoms with van der Waals surface area (Å²) in [7, 11) is 0. The SMILES string of the molecule is Cc1ccc(CNC(=O)c2cc(Cl)cc(CNC3=NCCN3)c2)cc1Cl. The number of nitrogens with zero attached hydrogens (tertiary/aromatic N) is 1. The summed E-state index contributed by atoms with van der Waals surface area (Å²) in [5.74, 6) is 0.592. The highest BCUT2D eigenvalue weighted by atomic mass is 35.5. The van der Waals surface area contributed by atoms with E-state index in [0.29, 0.717) is 28.7 Å². The summed E-state index contributed by atoms with van der Waals surface area (Å²) in [6.45, 7) is 4.50. The number of rotatable bonds is 5. The third kappa shape index (κ3) is 4.90. The fraction of sp³-hybridized carbons (Fsp3) is 0.263. The van der Waals surface area contributed by atoms with Crippen molar-refractivity contribution in [2.75, 3.05) is 13.1 Å². The molecule has 0 spiro atoms. The number of carbonyl (C=O) groups excluding carboxylic acids is 1. The number of halogens is 2. The molecule has 5 nitrogen and oxygen atoms in total. The van der Waals surface area contributed by atoms with Crippen molar-refractivity contribution in [3.05, 3.63) is 68.7 Å². The zero-order valence-corrected chi connectivity index (χ0v) is 15.9. The zero-order valence-electron chi connectivity index (χ0n) is 14.4. The largest absolute Gasteiger partial charge is 0.355 e. The number of hydrogen-bond donors (Lipinski definition) is 3. The lowest BCUT2D eigenvalue weighted by molar-refractivity contribution is 0.0951. The number of carbonyl (C=O) groups is 1. The number of aryl methyl sites for hydroxylation is 1. The van der Waals surface area contributed by atoms with Crippen LogP contribution in [-0.2, 0) is 13.1 Å².